The number of likely N-dealkylation sites (N-methyl/N-ethyl adjacent to an activating group) is 1. The van der Waals surface area contributed by atoms with Gasteiger partial charge in [0.05, 0.1) is 30.0 Å². The highest BCUT2D eigenvalue weighted by Gasteiger charge is 2.18. The number of rotatable bonds is 3. The highest BCUT2D eigenvalue weighted by atomic mass is 16.5. The molecule has 1 aromatic heterocycles. The summed E-state index contributed by atoms with van der Waals surface area (Å²) in [6.07, 6.45) is 0. The zero-order valence-electron chi connectivity index (χ0n) is 14.6. The molecular formula is C19H25N3O2. The van der Waals surface area contributed by atoms with Gasteiger partial charge in [-0.1, -0.05) is 18.2 Å². The molecule has 1 N–H and O–H groups in total. The second kappa shape index (κ2) is 7.28. The number of nitrogens with zero attached hydrogens (tertiary/aromatic N) is 2. The van der Waals surface area contributed by atoms with Crippen LogP contribution in [0, 0.1) is 19.8 Å². The Balaban J connectivity index is 1.73. The third-order valence-electron chi connectivity index (χ3n) is 4.57. The first-order chi connectivity index (χ1) is 11.5. The highest BCUT2D eigenvalue weighted by Crippen LogP contribution is 2.19. The third-order valence-corrected chi connectivity index (χ3v) is 4.57. The lowest BCUT2D eigenvalue weighted by molar-refractivity contribution is 0.0920. The molecule has 0 aliphatic carbocycles. The molecule has 1 saturated heterocycles. The van der Waals surface area contributed by atoms with Crippen molar-refractivity contribution in [1.82, 2.24) is 15.2 Å². The first kappa shape index (κ1) is 16.9. The van der Waals surface area contributed by atoms with Gasteiger partial charge in [0, 0.05) is 30.9 Å². The Bertz CT molecular complexity index is 745. The van der Waals surface area contributed by atoms with E-state index in [4.69, 9.17) is 4.74 Å². The van der Waals surface area contributed by atoms with E-state index in [0.29, 0.717) is 24.6 Å². The summed E-state index contributed by atoms with van der Waals surface area (Å²) in [6.45, 7) is 7.88. The Hall–Kier alpha value is -1.98. The zero-order chi connectivity index (χ0) is 17.1. The molecule has 1 aromatic carbocycles. The maximum absolute atomic E-state index is 12.6. The summed E-state index contributed by atoms with van der Waals surface area (Å²) < 4.78 is 5.60. The summed E-state index contributed by atoms with van der Waals surface area (Å²) in [5.74, 6) is 0.257. The van der Waals surface area contributed by atoms with Crippen molar-refractivity contribution in [3.63, 3.8) is 0 Å². The van der Waals surface area contributed by atoms with E-state index < -0.39 is 0 Å². The van der Waals surface area contributed by atoms with Crippen LogP contribution >= 0.6 is 0 Å². The summed E-state index contributed by atoms with van der Waals surface area (Å²) in [4.78, 5) is 19.5. The number of nitrogens with one attached hydrogen (secondary N) is 1. The predicted octanol–water partition coefficient (Wildman–Crippen LogP) is 2.16. The van der Waals surface area contributed by atoms with Crippen molar-refractivity contribution >= 4 is 16.8 Å². The number of carbonyl (C=O) groups excluding carboxylic acids is 1. The smallest absolute Gasteiger partial charge is 0.253 e. The number of aromatic nitrogens is 1. The van der Waals surface area contributed by atoms with E-state index in [1.54, 1.807) is 0 Å². The molecule has 1 unspecified atom stereocenters. The van der Waals surface area contributed by atoms with Crippen LogP contribution in [0.25, 0.3) is 10.9 Å². The van der Waals surface area contributed by atoms with Crippen LogP contribution in [0.4, 0.5) is 0 Å². The molecule has 0 bridgehead atoms. The summed E-state index contributed by atoms with van der Waals surface area (Å²) in [7, 11) is 2.09. The van der Waals surface area contributed by atoms with Gasteiger partial charge in [-0.05, 0) is 32.5 Å². The molecule has 0 spiro atoms. The van der Waals surface area contributed by atoms with Gasteiger partial charge in [0.2, 0.25) is 0 Å². The fourth-order valence-corrected chi connectivity index (χ4v) is 3.18. The monoisotopic (exact) mass is 327 g/mol. The van der Waals surface area contributed by atoms with Crippen molar-refractivity contribution in [1.29, 1.82) is 0 Å². The average molecular weight is 327 g/mol. The lowest BCUT2D eigenvalue weighted by Gasteiger charge is -2.19. The van der Waals surface area contributed by atoms with Gasteiger partial charge in [-0.3, -0.25) is 9.78 Å². The number of para-hydroxylation sites is 1. The first-order valence-electron chi connectivity index (χ1n) is 8.46. The number of fused-ring (bicyclic) bond motifs is 1. The lowest BCUT2D eigenvalue weighted by atomic mass is 10.1. The Morgan fingerprint density at radius 2 is 2.25 bits per heavy atom. The fraction of sp³-hybridized carbons (Fsp3) is 0.474. The number of amides is 1. The van der Waals surface area contributed by atoms with E-state index in [9.17, 15) is 4.79 Å². The summed E-state index contributed by atoms with van der Waals surface area (Å²) in [6, 6.07) is 7.97. The molecule has 0 radical (unpaired) electrons. The number of ether oxygens (including phenoxy) is 1. The van der Waals surface area contributed by atoms with Crippen molar-refractivity contribution < 1.29 is 9.53 Å². The Kier molecular flexibility index (Phi) is 5.11. The molecule has 1 aliphatic rings. The van der Waals surface area contributed by atoms with E-state index in [0.717, 1.165) is 41.9 Å². The SMILES string of the molecule is Cc1nc2c(C)cccc2cc1C(=O)NCC1COCCN(C)C1. The summed E-state index contributed by atoms with van der Waals surface area (Å²) in [5, 5.41) is 4.05. The van der Waals surface area contributed by atoms with Gasteiger partial charge in [-0.15, -0.1) is 0 Å². The van der Waals surface area contributed by atoms with Gasteiger partial charge >= 0.3 is 0 Å². The van der Waals surface area contributed by atoms with Crippen LogP contribution in [0.5, 0.6) is 0 Å². The van der Waals surface area contributed by atoms with Crippen molar-refractivity contribution in [2.75, 3.05) is 39.9 Å². The molecule has 1 amide bonds. The molecule has 24 heavy (non-hydrogen) atoms. The third kappa shape index (κ3) is 3.74. The van der Waals surface area contributed by atoms with E-state index in [1.165, 1.54) is 0 Å². The first-order valence-corrected chi connectivity index (χ1v) is 8.46. The molecule has 1 fully saturated rings. The van der Waals surface area contributed by atoms with Crippen LogP contribution < -0.4 is 5.32 Å². The Morgan fingerprint density at radius 1 is 1.42 bits per heavy atom. The maximum Gasteiger partial charge on any atom is 0.253 e. The minimum absolute atomic E-state index is 0.0599. The molecule has 0 saturated carbocycles. The number of pyridine rings is 1. The topological polar surface area (TPSA) is 54.5 Å². The number of carbonyl (C=O) groups is 1. The summed E-state index contributed by atoms with van der Waals surface area (Å²) in [5.41, 5.74) is 3.51. The normalized spacial score (nSPS) is 19.2. The minimum Gasteiger partial charge on any atom is -0.380 e. The van der Waals surface area contributed by atoms with Crippen LogP contribution in [0.15, 0.2) is 24.3 Å². The van der Waals surface area contributed by atoms with Gasteiger partial charge in [-0.2, -0.15) is 0 Å². The van der Waals surface area contributed by atoms with Crippen molar-refractivity contribution in [3.05, 3.63) is 41.1 Å². The Morgan fingerprint density at radius 3 is 3.08 bits per heavy atom. The Labute approximate surface area is 143 Å². The second-order valence-electron chi connectivity index (χ2n) is 6.68. The molecule has 3 rings (SSSR count). The van der Waals surface area contributed by atoms with Gasteiger partial charge < -0.3 is 15.0 Å². The van der Waals surface area contributed by atoms with Crippen molar-refractivity contribution in [2.45, 2.75) is 13.8 Å². The molecular weight excluding hydrogens is 302 g/mol. The highest BCUT2D eigenvalue weighted by molar-refractivity contribution is 5.99. The van der Waals surface area contributed by atoms with Gasteiger partial charge in [0.25, 0.3) is 5.91 Å². The van der Waals surface area contributed by atoms with Crippen LogP contribution in [0.2, 0.25) is 0 Å². The van der Waals surface area contributed by atoms with Crippen LogP contribution in [0.1, 0.15) is 21.6 Å². The van der Waals surface area contributed by atoms with E-state index in [1.807, 2.05) is 38.1 Å². The molecule has 2 heterocycles. The zero-order valence-corrected chi connectivity index (χ0v) is 14.6. The van der Waals surface area contributed by atoms with E-state index >= 15 is 0 Å². The number of hydrogen-bond donors (Lipinski definition) is 1. The van der Waals surface area contributed by atoms with Crippen LogP contribution in [0.3, 0.4) is 0 Å². The average Bonchev–Trinajstić information content (AvgIpc) is 2.77. The molecule has 2 aromatic rings. The molecule has 5 nitrogen and oxygen atoms in total. The van der Waals surface area contributed by atoms with Crippen LogP contribution in [-0.2, 0) is 4.74 Å². The standard InChI is InChI=1S/C19H25N3O2/c1-13-5-4-6-16-9-17(14(2)21-18(13)16)19(23)20-10-15-11-22(3)7-8-24-12-15/h4-6,9,15H,7-8,10-12H2,1-3H3,(H,20,23). The predicted molar refractivity (Wildman–Crippen MR) is 95.4 cm³/mol. The number of aryl methyl sites for hydroxylation is 2. The van der Waals surface area contributed by atoms with Crippen molar-refractivity contribution in [3.8, 4) is 0 Å². The number of hydrogen-bond acceptors (Lipinski definition) is 4. The lowest BCUT2D eigenvalue weighted by Crippen LogP contribution is -2.36. The molecule has 5 heteroatoms. The molecule has 1 aliphatic heterocycles. The van der Waals surface area contributed by atoms with Gasteiger partial charge in [0.1, 0.15) is 0 Å². The van der Waals surface area contributed by atoms with Gasteiger partial charge in [0.15, 0.2) is 0 Å². The van der Waals surface area contributed by atoms with Crippen LogP contribution in [-0.4, -0.2) is 55.7 Å². The molecule has 128 valence electrons. The second-order valence-corrected chi connectivity index (χ2v) is 6.68. The van der Waals surface area contributed by atoms with E-state index in [2.05, 4.69) is 22.2 Å². The largest absolute Gasteiger partial charge is 0.380 e. The van der Waals surface area contributed by atoms with Crippen molar-refractivity contribution in [2.24, 2.45) is 5.92 Å². The molecule has 1 atom stereocenters. The quantitative estimate of drug-likeness (QED) is 0.939. The summed E-state index contributed by atoms with van der Waals surface area (Å²) >= 11 is 0. The van der Waals surface area contributed by atoms with E-state index in [-0.39, 0.29) is 5.91 Å². The minimum atomic E-state index is -0.0599. The maximum atomic E-state index is 12.6. The number of benzene rings is 1. The fourth-order valence-electron chi connectivity index (χ4n) is 3.18. The van der Waals surface area contributed by atoms with Gasteiger partial charge in [-0.25, -0.2) is 0 Å².